The van der Waals surface area contributed by atoms with Gasteiger partial charge in [0, 0.05) is 9.65 Å². The van der Waals surface area contributed by atoms with Crippen LogP contribution in [0.5, 0.6) is 5.75 Å². The van der Waals surface area contributed by atoms with Crippen molar-refractivity contribution in [2.24, 2.45) is 11.8 Å². The number of ether oxygens (including phenoxy) is 1. The number of rotatable bonds is 0. The molecule has 2 bridgehead atoms. The summed E-state index contributed by atoms with van der Waals surface area (Å²) in [6, 6.07) is 5.00. The predicted octanol–water partition coefficient (Wildman–Crippen LogP) is 7.46. The number of hydrogen-bond acceptors (Lipinski definition) is 4. The second-order valence-corrected chi connectivity index (χ2v) is 14.3. The Morgan fingerprint density at radius 1 is 1.09 bits per heavy atom. The lowest BCUT2D eigenvalue weighted by atomic mass is 9.72. The molecule has 2 N–H and O–H groups in total. The first-order valence-corrected chi connectivity index (χ1v) is 14.9. The standard InChI is InChI=1S/C27H37Br3O4/c1-15-6-8-20(28)24-16(2)12-23(30)27(5,33)11-10-22(29)26(3,4)34-25(32)17-7-9-21(31)18(13-17)14-19(15)24/h7,9,13,16,20,22-24,31,33H,6,8,10-12,14H2,1-5H3/t16-,20+,22-,23-,24?,27+/m1/s1. The second kappa shape index (κ2) is 10.9. The fourth-order valence-electron chi connectivity index (χ4n) is 5.24. The predicted molar refractivity (Wildman–Crippen MR) is 149 cm³/mol. The molecule has 0 saturated heterocycles. The largest absolute Gasteiger partial charge is 0.508 e. The third-order valence-electron chi connectivity index (χ3n) is 7.71. The van der Waals surface area contributed by atoms with E-state index in [4.69, 9.17) is 4.74 Å². The van der Waals surface area contributed by atoms with E-state index in [-0.39, 0.29) is 21.3 Å². The van der Waals surface area contributed by atoms with E-state index in [9.17, 15) is 15.0 Å². The number of phenolic OH excluding ortho intramolecular Hbond substituents is 1. The number of carbonyl (C=O) groups excluding carboxylic acids is 1. The molecule has 0 aromatic heterocycles. The van der Waals surface area contributed by atoms with Gasteiger partial charge in [-0.1, -0.05) is 65.9 Å². The van der Waals surface area contributed by atoms with Crippen LogP contribution in [0.4, 0.5) is 0 Å². The summed E-state index contributed by atoms with van der Waals surface area (Å²) in [5.74, 6) is 0.366. The maximum atomic E-state index is 13.1. The van der Waals surface area contributed by atoms with Gasteiger partial charge in [0.1, 0.15) is 11.4 Å². The quantitative estimate of drug-likeness (QED) is 0.172. The van der Waals surface area contributed by atoms with E-state index in [0.29, 0.717) is 35.6 Å². The Morgan fingerprint density at radius 3 is 2.44 bits per heavy atom. The van der Waals surface area contributed by atoms with E-state index < -0.39 is 17.2 Å². The lowest BCUT2D eigenvalue weighted by molar-refractivity contribution is -0.00700. The van der Waals surface area contributed by atoms with Gasteiger partial charge in [-0.15, -0.1) is 0 Å². The molecule has 190 valence electrons. The number of aromatic hydroxyl groups is 1. The van der Waals surface area contributed by atoms with Crippen LogP contribution < -0.4 is 0 Å². The van der Waals surface area contributed by atoms with Gasteiger partial charge in [0.2, 0.25) is 0 Å². The molecule has 1 aromatic rings. The minimum absolute atomic E-state index is 0.0758. The third-order valence-corrected chi connectivity index (χ3v) is 11.7. The fraction of sp³-hybridized carbons (Fsp3) is 0.667. The minimum atomic E-state index is -0.907. The zero-order chi connectivity index (χ0) is 25.4. The number of carbonyl (C=O) groups is 1. The van der Waals surface area contributed by atoms with E-state index in [2.05, 4.69) is 61.6 Å². The lowest BCUT2D eigenvalue weighted by Crippen LogP contribution is -2.42. The van der Waals surface area contributed by atoms with Crippen LogP contribution in [0.1, 0.15) is 82.6 Å². The molecule has 0 spiro atoms. The summed E-state index contributed by atoms with van der Waals surface area (Å²) in [6.45, 7) is 10.1. The number of phenols is 1. The number of hydrogen-bond donors (Lipinski definition) is 2. The Morgan fingerprint density at radius 2 is 1.76 bits per heavy atom. The van der Waals surface area contributed by atoms with Crippen LogP contribution in [0.3, 0.4) is 0 Å². The molecule has 4 nitrogen and oxygen atoms in total. The zero-order valence-electron chi connectivity index (χ0n) is 20.7. The molecule has 34 heavy (non-hydrogen) atoms. The summed E-state index contributed by atoms with van der Waals surface area (Å²) in [4.78, 5) is 13.2. The van der Waals surface area contributed by atoms with Crippen LogP contribution in [0.25, 0.3) is 0 Å². The fourth-order valence-corrected chi connectivity index (χ4v) is 7.45. The molecular formula is C27H37Br3O4. The molecule has 6 atom stereocenters. The molecule has 1 unspecified atom stereocenters. The maximum absolute atomic E-state index is 13.1. The molecule has 7 heteroatoms. The molecule has 2 aliphatic rings. The number of benzene rings is 1. The van der Waals surface area contributed by atoms with Crippen LogP contribution in [0, 0.1) is 11.8 Å². The Kier molecular flexibility index (Phi) is 9.07. The Bertz CT molecular complexity index is 940. The van der Waals surface area contributed by atoms with Crippen molar-refractivity contribution in [1.82, 2.24) is 0 Å². The number of aliphatic hydroxyl groups is 1. The average molecular weight is 665 g/mol. The van der Waals surface area contributed by atoms with Crippen LogP contribution in [-0.4, -0.2) is 41.9 Å². The molecule has 1 aliphatic carbocycles. The molecule has 3 rings (SSSR count). The van der Waals surface area contributed by atoms with Gasteiger partial charge in [-0.3, -0.25) is 0 Å². The van der Waals surface area contributed by atoms with E-state index >= 15 is 0 Å². The summed E-state index contributed by atoms with van der Waals surface area (Å²) < 4.78 is 5.91. The highest BCUT2D eigenvalue weighted by Gasteiger charge is 2.40. The third kappa shape index (κ3) is 6.30. The Labute approximate surface area is 229 Å². The Balaban J connectivity index is 2.08. The SMILES string of the molecule is CC1=C2Cc3cc(ccc3O)C(=O)OC(C)(C)[C@H](Br)CC[C@](C)(O)[C@H](Br)C[C@@H](C)C2[C@@H](Br)CC1. The molecule has 0 radical (unpaired) electrons. The van der Waals surface area contributed by atoms with Crippen molar-refractivity contribution in [2.45, 2.75) is 98.8 Å². The van der Waals surface area contributed by atoms with Gasteiger partial charge < -0.3 is 14.9 Å². The van der Waals surface area contributed by atoms with Crippen LogP contribution in [-0.2, 0) is 11.2 Å². The highest BCUT2D eigenvalue weighted by molar-refractivity contribution is 9.10. The van der Waals surface area contributed by atoms with Crippen molar-refractivity contribution in [1.29, 1.82) is 0 Å². The summed E-state index contributed by atoms with van der Waals surface area (Å²) in [5, 5.41) is 22.0. The molecule has 1 aromatic carbocycles. The number of halogens is 3. The van der Waals surface area contributed by atoms with E-state index in [1.165, 1.54) is 11.1 Å². The molecule has 1 aliphatic heterocycles. The van der Waals surface area contributed by atoms with Crippen molar-refractivity contribution in [2.75, 3.05) is 0 Å². The number of esters is 1. The number of cyclic esters (lactones) is 1. The van der Waals surface area contributed by atoms with Gasteiger partial charge >= 0.3 is 5.97 Å². The van der Waals surface area contributed by atoms with Crippen molar-refractivity contribution in [3.05, 3.63) is 40.5 Å². The van der Waals surface area contributed by atoms with Gasteiger partial charge in [-0.2, -0.15) is 0 Å². The van der Waals surface area contributed by atoms with Gasteiger partial charge in [0.05, 0.1) is 16.0 Å². The maximum Gasteiger partial charge on any atom is 0.338 e. The van der Waals surface area contributed by atoms with E-state index in [1.54, 1.807) is 18.2 Å². The Hall–Kier alpha value is -0.370. The molecule has 0 amide bonds. The molecular weight excluding hydrogens is 628 g/mol. The average Bonchev–Trinajstić information content (AvgIpc) is 2.74. The number of fused-ring (bicyclic) bond motifs is 3. The van der Waals surface area contributed by atoms with Crippen LogP contribution in [0.2, 0.25) is 0 Å². The van der Waals surface area contributed by atoms with E-state index in [1.807, 2.05) is 20.8 Å². The second-order valence-electron chi connectivity index (χ2n) is 10.9. The summed E-state index contributed by atoms with van der Waals surface area (Å²) in [7, 11) is 0. The summed E-state index contributed by atoms with van der Waals surface area (Å²) >= 11 is 11.5. The highest BCUT2D eigenvalue weighted by atomic mass is 79.9. The van der Waals surface area contributed by atoms with Crippen molar-refractivity contribution >= 4 is 53.8 Å². The molecule has 0 saturated carbocycles. The van der Waals surface area contributed by atoms with Gasteiger partial charge in [-0.05, 0) is 102 Å². The number of allylic oxidation sites excluding steroid dienone is 2. The van der Waals surface area contributed by atoms with Gasteiger partial charge in [0.25, 0.3) is 0 Å². The van der Waals surface area contributed by atoms with Gasteiger partial charge in [0.15, 0.2) is 0 Å². The van der Waals surface area contributed by atoms with E-state index in [0.717, 1.165) is 24.8 Å². The van der Waals surface area contributed by atoms with Crippen molar-refractivity contribution in [3.8, 4) is 5.75 Å². The van der Waals surface area contributed by atoms with Crippen molar-refractivity contribution in [3.63, 3.8) is 0 Å². The first-order chi connectivity index (χ1) is 15.7. The van der Waals surface area contributed by atoms with Crippen LogP contribution in [0.15, 0.2) is 29.3 Å². The van der Waals surface area contributed by atoms with Crippen molar-refractivity contribution < 1.29 is 19.7 Å². The lowest BCUT2D eigenvalue weighted by Gasteiger charge is -2.40. The highest BCUT2D eigenvalue weighted by Crippen LogP contribution is 2.44. The van der Waals surface area contributed by atoms with Gasteiger partial charge in [-0.25, -0.2) is 4.79 Å². The zero-order valence-corrected chi connectivity index (χ0v) is 25.5. The first-order valence-electron chi connectivity index (χ1n) is 12.1. The molecule has 0 fully saturated rings. The first kappa shape index (κ1) is 28.2. The number of alkyl halides is 3. The minimum Gasteiger partial charge on any atom is -0.508 e. The topological polar surface area (TPSA) is 66.8 Å². The summed E-state index contributed by atoms with van der Waals surface area (Å²) in [6.07, 6.45) is 4.70. The molecule has 1 heterocycles. The normalized spacial score (nSPS) is 35.4. The smallest absolute Gasteiger partial charge is 0.338 e. The monoisotopic (exact) mass is 662 g/mol. The van der Waals surface area contributed by atoms with Crippen LogP contribution >= 0.6 is 47.8 Å². The summed E-state index contributed by atoms with van der Waals surface area (Å²) in [5.41, 5.74) is 2.17.